The predicted molar refractivity (Wildman–Crippen MR) is 72.3 cm³/mol. The van der Waals surface area contributed by atoms with Gasteiger partial charge in [-0.05, 0) is 58.7 Å². The third kappa shape index (κ3) is 7.16. The van der Waals surface area contributed by atoms with Gasteiger partial charge < -0.3 is 10.2 Å². The Morgan fingerprint density at radius 3 is 2.58 bits per heavy atom. The first-order chi connectivity index (χ1) is 8.92. The molecular formula is C14H27F3N2. The number of hydrogen-bond donors (Lipinski definition) is 1. The molecule has 0 aromatic heterocycles. The van der Waals surface area contributed by atoms with Crippen LogP contribution < -0.4 is 5.32 Å². The largest absolute Gasteiger partial charge is 0.389 e. The number of nitrogens with zero attached hydrogens (tertiary/aromatic N) is 1. The lowest BCUT2D eigenvalue weighted by Gasteiger charge is -2.38. The molecule has 5 heteroatoms. The molecule has 114 valence electrons. The molecule has 1 fully saturated rings. The monoisotopic (exact) mass is 280 g/mol. The van der Waals surface area contributed by atoms with Gasteiger partial charge in [0.05, 0.1) is 0 Å². The Hall–Kier alpha value is -0.290. The van der Waals surface area contributed by atoms with E-state index < -0.39 is 12.6 Å². The van der Waals surface area contributed by atoms with Crippen LogP contribution in [0.15, 0.2) is 0 Å². The van der Waals surface area contributed by atoms with Crippen molar-refractivity contribution < 1.29 is 13.2 Å². The molecule has 0 saturated carbocycles. The summed E-state index contributed by atoms with van der Waals surface area (Å²) in [6.45, 7) is 7.21. The molecule has 0 amide bonds. The van der Waals surface area contributed by atoms with Crippen molar-refractivity contribution >= 4 is 0 Å². The molecule has 2 atom stereocenters. The summed E-state index contributed by atoms with van der Waals surface area (Å²) < 4.78 is 36.1. The zero-order chi connectivity index (χ0) is 14.3. The Labute approximate surface area is 114 Å². The van der Waals surface area contributed by atoms with Gasteiger partial charge in [-0.1, -0.05) is 6.92 Å². The summed E-state index contributed by atoms with van der Waals surface area (Å²) in [4.78, 5) is 2.33. The Kier molecular flexibility index (Phi) is 7.15. The van der Waals surface area contributed by atoms with Crippen molar-refractivity contribution in [1.29, 1.82) is 0 Å². The SMILES string of the molecule is CCCNC1CCN(CCCCC(F)(F)F)C(C)C1. The van der Waals surface area contributed by atoms with E-state index in [4.69, 9.17) is 0 Å². The average Bonchev–Trinajstić information content (AvgIpc) is 2.32. The lowest BCUT2D eigenvalue weighted by molar-refractivity contribution is -0.135. The summed E-state index contributed by atoms with van der Waals surface area (Å²) >= 11 is 0. The Morgan fingerprint density at radius 2 is 2.00 bits per heavy atom. The molecule has 2 unspecified atom stereocenters. The molecule has 1 aliphatic heterocycles. The number of hydrogen-bond acceptors (Lipinski definition) is 2. The van der Waals surface area contributed by atoms with E-state index in [0.29, 0.717) is 18.5 Å². The Morgan fingerprint density at radius 1 is 1.26 bits per heavy atom. The van der Waals surface area contributed by atoms with Crippen molar-refractivity contribution in [2.75, 3.05) is 19.6 Å². The number of likely N-dealkylation sites (tertiary alicyclic amines) is 1. The molecular weight excluding hydrogens is 253 g/mol. The van der Waals surface area contributed by atoms with E-state index in [1.165, 1.54) is 0 Å². The molecule has 0 radical (unpaired) electrons. The highest BCUT2D eigenvalue weighted by atomic mass is 19.4. The minimum absolute atomic E-state index is 0.254. The van der Waals surface area contributed by atoms with Gasteiger partial charge in [0.15, 0.2) is 0 Å². The second-order valence-corrected chi connectivity index (χ2v) is 5.63. The molecule has 1 saturated heterocycles. The van der Waals surface area contributed by atoms with Crippen LogP contribution in [0.25, 0.3) is 0 Å². The quantitative estimate of drug-likeness (QED) is 0.717. The Bertz CT molecular complexity index is 243. The van der Waals surface area contributed by atoms with Crippen molar-refractivity contribution in [3.63, 3.8) is 0 Å². The van der Waals surface area contributed by atoms with E-state index in [0.717, 1.165) is 38.9 Å². The van der Waals surface area contributed by atoms with Crippen LogP contribution in [0.3, 0.4) is 0 Å². The van der Waals surface area contributed by atoms with Gasteiger partial charge in [0.1, 0.15) is 0 Å². The van der Waals surface area contributed by atoms with E-state index in [2.05, 4.69) is 24.1 Å². The van der Waals surface area contributed by atoms with Crippen molar-refractivity contribution in [1.82, 2.24) is 10.2 Å². The average molecular weight is 280 g/mol. The fourth-order valence-corrected chi connectivity index (χ4v) is 2.73. The van der Waals surface area contributed by atoms with E-state index >= 15 is 0 Å². The summed E-state index contributed by atoms with van der Waals surface area (Å²) in [5, 5.41) is 3.53. The highest BCUT2D eigenvalue weighted by Gasteiger charge is 2.27. The number of halogens is 3. The van der Waals surface area contributed by atoms with Crippen molar-refractivity contribution in [3.05, 3.63) is 0 Å². The van der Waals surface area contributed by atoms with E-state index in [9.17, 15) is 13.2 Å². The second kappa shape index (κ2) is 8.10. The molecule has 1 rings (SSSR count). The summed E-state index contributed by atoms with van der Waals surface area (Å²) in [5.41, 5.74) is 0. The van der Waals surface area contributed by atoms with Gasteiger partial charge in [-0.15, -0.1) is 0 Å². The molecule has 1 N–H and O–H groups in total. The first-order valence-corrected chi connectivity index (χ1v) is 7.46. The van der Waals surface area contributed by atoms with E-state index in [1.807, 2.05) is 0 Å². The minimum Gasteiger partial charge on any atom is -0.314 e. The van der Waals surface area contributed by atoms with E-state index in [-0.39, 0.29) is 6.42 Å². The van der Waals surface area contributed by atoms with Crippen LogP contribution in [0.5, 0.6) is 0 Å². The predicted octanol–water partition coefficient (Wildman–Crippen LogP) is 3.57. The van der Waals surface area contributed by atoms with Crippen LogP contribution in [0.2, 0.25) is 0 Å². The fourth-order valence-electron chi connectivity index (χ4n) is 2.73. The maximum absolute atomic E-state index is 12.0. The molecule has 19 heavy (non-hydrogen) atoms. The fraction of sp³-hybridized carbons (Fsp3) is 1.00. The van der Waals surface area contributed by atoms with Gasteiger partial charge in [0, 0.05) is 18.5 Å². The van der Waals surface area contributed by atoms with Crippen molar-refractivity contribution in [2.24, 2.45) is 0 Å². The van der Waals surface area contributed by atoms with E-state index in [1.54, 1.807) is 0 Å². The van der Waals surface area contributed by atoms with Crippen LogP contribution >= 0.6 is 0 Å². The summed E-state index contributed by atoms with van der Waals surface area (Å²) in [6.07, 6.45) is -0.366. The maximum atomic E-state index is 12.0. The number of piperidine rings is 1. The third-order valence-electron chi connectivity index (χ3n) is 3.85. The summed E-state index contributed by atoms with van der Waals surface area (Å²) in [5.74, 6) is 0. The molecule has 0 aromatic carbocycles. The number of unbranched alkanes of at least 4 members (excludes halogenated alkanes) is 1. The first-order valence-electron chi connectivity index (χ1n) is 7.46. The number of nitrogens with one attached hydrogen (secondary N) is 1. The zero-order valence-electron chi connectivity index (χ0n) is 12.1. The number of alkyl halides is 3. The third-order valence-corrected chi connectivity index (χ3v) is 3.85. The van der Waals surface area contributed by atoms with Gasteiger partial charge in [-0.25, -0.2) is 0 Å². The molecule has 0 bridgehead atoms. The van der Waals surface area contributed by atoms with Crippen LogP contribution in [0.1, 0.15) is 52.4 Å². The zero-order valence-corrected chi connectivity index (χ0v) is 12.1. The summed E-state index contributed by atoms with van der Waals surface area (Å²) in [6, 6.07) is 1.07. The van der Waals surface area contributed by atoms with Gasteiger partial charge in [-0.2, -0.15) is 13.2 Å². The van der Waals surface area contributed by atoms with Gasteiger partial charge in [0.25, 0.3) is 0 Å². The molecule has 0 spiro atoms. The lowest BCUT2D eigenvalue weighted by Crippen LogP contribution is -2.47. The van der Waals surface area contributed by atoms with Crippen LogP contribution in [0.4, 0.5) is 13.2 Å². The van der Waals surface area contributed by atoms with Gasteiger partial charge in [0.2, 0.25) is 0 Å². The smallest absolute Gasteiger partial charge is 0.314 e. The van der Waals surface area contributed by atoms with Crippen LogP contribution in [0, 0.1) is 0 Å². The normalized spacial score (nSPS) is 25.7. The highest BCUT2D eigenvalue weighted by Crippen LogP contribution is 2.23. The van der Waals surface area contributed by atoms with Gasteiger partial charge >= 0.3 is 6.18 Å². The molecule has 0 aliphatic carbocycles. The van der Waals surface area contributed by atoms with Gasteiger partial charge in [-0.3, -0.25) is 0 Å². The lowest BCUT2D eigenvalue weighted by atomic mass is 9.97. The topological polar surface area (TPSA) is 15.3 Å². The number of rotatable bonds is 7. The maximum Gasteiger partial charge on any atom is 0.389 e. The Balaban J connectivity index is 2.15. The molecule has 1 heterocycles. The van der Waals surface area contributed by atoms with Crippen molar-refractivity contribution in [3.8, 4) is 0 Å². The van der Waals surface area contributed by atoms with Crippen LogP contribution in [-0.2, 0) is 0 Å². The first kappa shape index (κ1) is 16.8. The highest BCUT2D eigenvalue weighted by molar-refractivity contribution is 4.82. The summed E-state index contributed by atoms with van der Waals surface area (Å²) in [7, 11) is 0. The minimum atomic E-state index is -4.00. The second-order valence-electron chi connectivity index (χ2n) is 5.63. The van der Waals surface area contributed by atoms with Crippen molar-refractivity contribution in [2.45, 2.75) is 70.6 Å². The molecule has 2 nitrogen and oxygen atoms in total. The standard InChI is InChI=1S/C14H27F3N2/c1-3-8-18-13-6-10-19(12(2)11-13)9-5-4-7-14(15,16)17/h12-13,18H,3-11H2,1-2H3. The van der Waals surface area contributed by atoms with Crippen LogP contribution in [-0.4, -0.2) is 42.8 Å². The molecule has 0 aromatic rings. The molecule has 1 aliphatic rings.